The maximum Gasteiger partial charge on any atom is 0.224 e. The molecule has 0 aromatic carbocycles. The lowest BCUT2D eigenvalue weighted by Gasteiger charge is -2.04. The minimum atomic E-state index is 0.116. The molecule has 0 amide bonds. The Morgan fingerprint density at radius 1 is 1.25 bits per heavy atom. The van der Waals surface area contributed by atoms with Crippen LogP contribution in [0.25, 0.3) is 11.0 Å². The minimum Gasteiger partial charge on any atom is -0.383 e. The maximum absolute atomic E-state index is 5.68. The van der Waals surface area contributed by atoms with Gasteiger partial charge in [0, 0.05) is 12.7 Å². The second-order valence-electron chi connectivity index (χ2n) is 3.32. The molecule has 2 rings (SSSR count). The average molecular weight is 219 g/mol. The summed E-state index contributed by atoms with van der Waals surface area (Å²) in [6.07, 6.45) is 2.59. The van der Waals surface area contributed by atoms with E-state index < -0.39 is 0 Å². The number of nitrogens with two attached hydrogens (primary N) is 2. The van der Waals surface area contributed by atoms with Gasteiger partial charge in [0.1, 0.15) is 5.82 Å². The van der Waals surface area contributed by atoms with Crippen LogP contribution in [-0.2, 0) is 0 Å². The molecule has 0 fully saturated rings. The molecule has 2 aromatic rings. The van der Waals surface area contributed by atoms with Crippen molar-refractivity contribution >= 4 is 28.7 Å². The monoisotopic (exact) mass is 219 g/mol. The molecule has 0 atom stereocenters. The van der Waals surface area contributed by atoms with E-state index in [2.05, 4.69) is 32.2 Å². The van der Waals surface area contributed by atoms with Gasteiger partial charge >= 0.3 is 0 Å². The molecular formula is C9H13N7. The molecule has 2 aromatic heterocycles. The number of aromatic nitrogens is 4. The molecule has 5 N–H and O–H groups in total. The summed E-state index contributed by atoms with van der Waals surface area (Å²) in [5, 5.41) is 3.67. The average Bonchev–Trinajstić information content (AvgIpc) is 2.25. The van der Waals surface area contributed by atoms with Gasteiger partial charge in [-0.15, -0.1) is 0 Å². The second-order valence-corrected chi connectivity index (χ2v) is 3.32. The Balaban J connectivity index is 2.45. The summed E-state index contributed by atoms with van der Waals surface area (Å²) in [4.78, 5) is 16.2. The highest BCUT2D eigenvalue weighted by Crippen LogP contribution is 2.16. The van der Waals surface area contributed by atoms with Crippen molar-refractivity contribution in [2.75, 3.05) is 23.3 Å². The van der Waals surface area contributed by atoms with Crippen LogP contribution in [-0.4, -0.2) is 26.5 Å². The molecule has 0 spiro atoms. The Kier molecular flexibility index (Phi) is 2.67. The zero-order chi connectivity index (χ0) is 11.5. The molecule has 0 aliphatic heterocycles. The Morgan fingerprint density at radius 3 is 2.81 bits per heavy atom. The Morgan fingerprint density at radius 2 is 2.06 bits per heavy atom. The number of nitrogens with zero attached hydrogens (tertiary/aromatic N) is 4. The first-order chi connectivity index (χ1) is 7.70. The van der Waals surface area contributed by atoms with E-state index in [9.17, 15) is 0 Å². The van der Waals surface area contributed by atoms with Crippen LogP contribution in [0, 0.1) is 0 Å². The predicted octanol–water partition coefficient (Wildman–Crippen LogP) is 0.406. The quantitative estimate of drug-likeness (QED) is 0.684. The summed E-state index contributed by atoms with van der Waals surface area (Å²) in [5.74, 6) is 0.932. The van der Waals surface area contributed by atoms with Crippen LogP contribution >= 0.6 is 0 Å². The molecule has 2 heterocycles. The Labute approximate surface area is 92.3 Å². The van der Waals surface area contributed by atoms with Crippen LogP contribution in [0.2, 0.25) is 0 Å². The number of nitrogens with one attached hydrogen (secondary N) is 1. The van der Waals surface area contributed by atoms with Gasteiger partial charge in [-0.25, -0.2) is 4.98 Å². The molecule has 0 radical (unpaired) electrons. The van der Waals surface area contributed by atoms with Gasteiger partial charge in [0.25, 0.3) is 0 Å². The van der Waals surface area contributed by atoms with Crippen LogP contribution in [0.4, 0.5) is 17.7 Å². The summed E-state index contributed by atoms with van der Waals surface area (Å²) in [7, 11) is 0. The molecule has 0 aliphatic rings. The summed E-state index contributed by atoms with van der Waals surface area (Å²) in [6.45, 7) is 2.87. The number of hydrogen-bond donors (Lipinski definition) is 3. The van der Waals surface area contributed by atoms with Gasteiger partial charge in [0.05, 0.1) is 5.39 Å². The first kappa shape index (κ1) is 10.3. The number of fused-ring (bicyclic) bond motifs is 1. The molecule has 0 saturated heterocycles. The van der Waals surface area contributed by atoms with E-state index in [1.165, 1.54) is 0 Å². The van der Waals surface area contributed by atoms with Crippen molar-refractivity contribution in [2.45, 2.75) is 13.3 Å². The fourth-order valence-electron chi connectivity index (χ4n) is 1.28. The number of nitrogen functional groups attached to an aromatic ring is 2. The zero-order valence-corrected chi connectivity index (χ0v) is 8.94. The number of anilines is 3. The number of hydrogen-bond acceptors (Lipinski definition) is 7. The summed E-state index contributed by atoms with van der Waals surface area (Å²) < 4.78 is 0. The first-order valence-corrected chi connectivity index (χ1v) is 5.00. The molecule has 0 bridgehead atoms. The first-order valence-electron chi connectivity index (χ1n) is 5.00. The van der Waals surface area contributed by atoms with E-state index in [-0.39, 0.29) is 5.95 Å². The third-order valence-electron chi connectivity index (χ3n) is 2.03. The highest BCUT2D eigenvalue weighted by atomic mass is 15.1. The second kappa shape index (κ2) is 4.13. The standard InChI is InChI=1S/C9H13N7/c1-2-3-12-9-13-4-5-6(10)14-8(11)15-7(5)16-9/h4H,2-3H2,1H3,(H5,10,11,12,13,14,15,16). The normalized spacial score (nSPS) is 10.6. The van der Waals surface area contributed by atoms with Crippen LogP contribution in [0.15, 0.2) is 6.20 Å². The lowest BCUT2D eigenvalue weighted by atomic mass is 10.4. The molecule has 16 heavy (non-hydrogen) atoms. The molecule has 0 unspecified atom stereocenters. The third kappa shape index (κ3) is 1.92. The van der Waals surface area contributed by atoms with E-state index in [1.54, 1.807) is 6.20 Å². The topological polar surface area (TPSA) is 116 Å². The van der Waals surface area contributed by atoms with Gasteiger partial charge in [-0.2, -0.15) is 15.0 Å². The highest BCUT2D eigenvalue weighted by molar-refractivity contribution is 5.85. The van der Waals surface area contributed by atoms with Gasteiger partial charge < -0.3 is 16.8 Å². The Bertz CT molecular complexity index is 510. The minimum absolute atomic E-state index is 0.116. The predicted molar refractivity (Wildman–Crippen MR) is 62.7 cm³/mol. The van der Waals surface area contributed by atoms with E-state index in [0.717, 1.165) is 13.0 Å². The highest BCUT2D eigenvalue weighted by Gasteiger charge is 2.06. The van der Waals surface area contributed by atoms with Crippen molar-refractivity contribution < 1.29 is 0 Å². The smallest absolute Gasteiger partial charge is 0.224 e. The zero-order valence-electron chi connectivity index (χ0n) is 8.94. The van der Waals surface area contributed by atoms with Crippen molar-refractivity contribution in [3.05, 3.63) is 6.20 Å². The number of rotatable bonds is 3. The van der Waals surface area contributed by atoms with Crippen LogP contribution < -0.4 is 16.8 Å². The van der Waals surface area contributed by atoms with Crippen molar-refractivity contribution in [3.63, 3.8) is 0 Å². The van der Waals surface area contributed by atoms with Gasteiger partial charge in [0.2, 0.25) is 11.9 Å². The van der Waals surface area contributed by atoms with Crippen LogP contribution in [0.1, 0.15) is 13.3 Å². The molecule has 0 saturated carbocycles. The van der Waals surface area contributed by atoms with Crippen molar-refractivity contribution in [1.29, 1.82) is 0 Å². The molecule has 0 aliphatic carbocycles. The van der Waals surface area contributed by atoms with E-state index in [0.29, 0.717) is 22.8 Å². The summed E-state index contributed by atoms with van der Waals surface area (Å²) in [5.41, 5.74) is 11.6. The van der Waals surface area contributed by atoms with Gasteiger partial charge in [-0.3, -0.25) is 0 Å². The summed E-state index contributed by atoms with van der Waals surface area (Å²) in [6, 6.07) is 0. The molecular weight excluding hydrogens is 206 g/mol. The van der Waals surface area contributed by atoms with E-state index >= 15 is 0 Å². The molecule has 84 valence electrons. The van der Waals surface area contributed by atoms with Crippen LogP contribution in [0.5, 0.6) is 0 Å². The summed E-state index contributed by atoms with van der Waals surface area (Å²) >= 11 is 0. The molecule has 7 nitrogen and oxygen atoms in total. The lowest BCUT2D eigenvalue weighted by Crippen LogP contribution is -2.07. The fraction of sp³-hybridized carbons (Fsp3) is 0.333. The lowest BCUT2D eigenvalue weighted by molar-refractivity contribution is 0.955. The largest absolute Gasteiger partial charge is 0.383 e. The van der Waals surface area contributed by atoms with Gasteiger partial charge in [-0.05, 0) is 6.42 Å². The van der Waals surface area contributed by atoms with E-state index in [1.807, 2.05) is 0 Å². The molecule has 7 heteroatoms. The van der Waals surface area contributed by atoms with Gasteiger partial charge in [-0.1, -0.05) is 6.92 Å². The van der Waals surface area contributed by atoms with Crippen molar-refractivity contribution in [2.24, 2.45) is 0 Å². The third-order valence-corrected chi connectivity index (χ3v) is 2.03. The maximum atomic E-state index is 5.68. The van der Waals surface area contributed by atoms with Crippen molar-refractivity contribution in [3.8, 4) is 0 Å². The van der Waals surface area contributed by atoms with E-state index in [4.69, 9.17) is 11.5 Å². The SMILES string of the molecule is CCCNc1ncc2c(N)nc(N)nc2n1. The van der Waals surface area contributed by atoms with Crippen LogP contribution in [0.3, 0.4) is 0 Å². The fourth-order valence-corrected chi connectivity index (χ4v) is 1.28. The van der Waals surface area contributed by atoms with Crippen molar-refractivity contribution in [1.82, 2.24) is 19.9 Å². The Hall–Kier alpha value is -2.18. The van der Waals surface area contributed by atoms with Gasteiger partial charge in [0.15, 0.2) is 5.65 Å².